The molecule has 3 N–H and O–H groups in total. The molecule has 2 fully saturated rings. The Kier molecular flexibility index (Phi) is 9.59. The highest BCUT2D eigenvalue weighted by atomic mass is 35.5. The molecule has 1 heterocycles. The zero-order valence-corrected chi connectivity index (χ0v) is 19.6. The minimum absolute atomic E-state index is 0.0504. The maximum absolute atomic E-state index is 12.5. The first kappa shape index (κ1) is 24.0. The van der Waals surface area contributed by atoms with Crippen molar-refractivity contribution >= 4 is 35.3 Å². The van der Waals surface area contributed by atoms with Crippen LogP contribution in [0.4, 0.5) is 9.59 Å². The topological polar surface area (TPSA) is 73.5 Å². The molecular weight excluding hydrogens is 435 g/mol. The van der Waals surface area contributed by atoms with Crippen molar-refractivity contribution < 1.29 is 9.59 Å². The van der Waals surface area contributed by atoms with Gasteiger partial charge in [-0.3, -0.25) is 0 Å². The predicted molar refractivity (Wildman–Crippen MR) is 126 cm³/mol. The number of rotatable bonds is 5. The molecule has 1 aromatic rings. The van der Waals surface area contributed by atoms with Crippen molar-refractivity contribution in [1.82, 2.24) is 20.9 Å². The molecule has 1 saturated heterocycles. The van der Waals surface area contributed by atoms with Gasteiger partial charge in [-0.05, 0) is 49.3 Å². The lowest BCUT2D eigenvalue weighted by Gasteiger charge is -2.32. The first-order valence-corrected chi connectivity index (χ1v) is 12.3. The highest BCUT2D eigenvalue weighted by Gasteiger charge is 2.23. The van der Waals surface area contributed by atoms with Gasteiger partial charge in [0.2, 0.25) is 0 Å². The molecule has 4 amide bonds. The van der Waals surface area contributed by atoms with Gasteiger partial charge in [0.25, 0.3) is 0 Å². The molecule has 1 aliphatic carbocycles. The van der Waals surface area contributed by atoms with E-state index in [1.807, 2.05) is 11.0 Å². The lowest BCUT2D eigenvalue weighted by molar-refractivity contribution is 0.168. The smallest absolute Gasteiger partial charge is 0.317 e. The van der Waals surface area contributed by atoms with E-state index in [4.69, 9.17) is 23.2 Å². The van der Waals surface area contributed by atoms with Crippen LogP contribution in [0.15, 0.2) is 18.2 Å². The molecule has 31 heavy (non-hydrogen) atoms. The Morgan fingerprint density at radius 2 is 1.61 bits per heavy atom. The molecule has 0 bridgehead atoms. The highest BCUT2D eigenvalue weighted by molar-refractivity contribution is 6.35. The summed E-state index contributed by atoms with van der Waals surface area (Å²) >= 11 is 12.1. The second-order valence-corrected chi connectivity index (χ2v) is 9.56. The summed E-state index contributed by atoms with van der Waals surface area (Å²) in [5.41, 5.74) is 0.841. The molecule has 0 atom stereocenters. The Hall–Kier alpha value is -1.66. The maximum atomic E-state index is 12.5. The lowest BCUT2D eigenvalue weighted by atomic mass is 9.96. The zero-order valence-electron chi connectivity index (χ0n) is 18.1. The molecule has 8 heteroatoms. The maximum Gasteiger partial charge on any atom is 0.317 e. The van der Waals surface area contributed by atoms with Gasteiger partial charge < -0.3 is 20.9 Å². The number of piperidine rings is 1. The van der Waals surface area contributed by atoms with Crippen molar-refractivity contribution in [2.75, 3.05) is 19.6 Å². The number of benzene rings is 1. The van der Waals surface area contributed by atoms with Crippen LogP contribution in [0.25, 0.3) is 0 Å². The number of halogens is 2. The van der Waals surface area contributed by atoms with Crippen molar-refractivity contribution in [3.05, 3.63) is 33.8 Å². The van der Waals surface area contributed by atoms with Crippen molar-refractivity contribution in [3.8, 4) is 0 Å². The molecular formula is C23H34Cl2N4O2. The fourth-order valence-corrected chi connectivity index (χ4v) is 4.84. The van der Waals surface area contributed by atoms with E-state index in [9.17, 15) is 9.59 Å². The summed E-state index contributed by atoms with van der Waals surface area (Å²) in [6.45, 7) is 2.42. The van der Waals surface area contributed by atoms with Gasteiger partial charge in [0.1, 0.15) is 0 Å². The average molecular weight is 469 g/mol. The Morgan fingerprint density at radius 3 is 2.29 bits per heavy atom. The number of carbonyl (C=O) groups is 2. The molecule has 2 aliphatic rings. The number of hydrogen-bond donors (Lipinski definition) is 3. The standard InChI is InChI=1S/C23H34Cl2N4O2/c24-19-9-8-18(21(25)14-19)16-27-23(31)29-12-10-17(11-13-29)15-26-22(30)28-20-6-4-2-1-3-5-7-20/h8-9,14,17,20H,1-7,10-13,15-16H2,(H,27,31)(H2,26,28,30). The first-order chi connectivity index (χ1) is 15.0. The minimum Gasteiger partial charge on any atom is -0.338 e. The molecule has 0 radical (unpaired) electrons. The summed E-state index contributed by atoms with van der Waals surface area (Å²) in [6, 6.07) is 5.44. The number of carbonyl (C=O) groups excluding carboxylic acids is 2. The number of likely N-dealkylation sites (tertiary alicyclic amines) is 1. The summed E-state index contributed by atoms with van der Waals surface area (Å²) in [5.74, 6) is 0.401. The normalized spacial score (nSPS) is 18.7. The van der Waals surface area contributed by atoms with Crippen molar-refractivity contribution in [3.63, 3.8) is 0 Å². The number of nitrogens with one attached hydrogen (secondary N) is 3. The van der Waals surface area contributed by atoms with E-state index in [1.54, 1.807) is 12.1 Å². The van der Waals surface area contributed by atoms with Gasteiger partial charge in [0.05, 0.1) is 0 Å². The van der Waals surface area contributed by atoms with Gasteiger partial charge in [-0.25, -0.2) is 9.59 Å². The Morgan fingerprint density at radius 1 is 0.935 bits per heavy atom. The van der Waals surface area contributed by atoms with Crippen LogP contribution in [0.3, 0.4) is 0 Å². The quantitative estimate of drug-likeness (QED) is 0.546. The predicted octanol–water partition coefficient (Wildman–Crippen LogP) is 5.33. The second kappa shape index (κ2) is 12.4. The summed E-state index contributed by atoms with van der Waals surface area (Å²) in [7, 11) is 0. The van der Waals surface area contributed by atoms with Gasteiger partial charge in [0.15, 0.2) is 0 Å². The molecule has 1 saturated carbocycles. The van der Waals surface area contributed by atoms with E-state index < -0.39 is 0 Å². The molecule has 6 nitrogen and oxygen atoms in total. The van der Waals surface area contributed by atoms with E-state index in [-0.39, 0.29) is 12.1 Å². The average Bonchev–Trinajstić information content (AvgIpc) is 2.73. The summed E-state index contributed by atoms with van der Waals surface area (Å²) < 4.78 is 0. The summed E-state index contributed by atoms with van der Waals surface area (Å²) in [6.07, 6.45) is 10.2. The zero-order chi connectivity index (χ0) is 22.1. The van der Waals surface area contributed by atoms with Crippen LogP contribution in [-0.2, 0) is 6.54 Å². The lowest BCUT2D eigenvalue weighted by Crippen LogP contribution is -2.47. The SMILES string of the molecule is O=C(NCC1CCN(C(=O)NCc2ccc(Cl)cc2Cl)CC1)NC1CCCCCCC1. The van der Waals surface area contributed by atoms with Crippen molar-refractivity contribution in [1.29, 1.82) is 0 Å². The van der Waals surface area contributed by atoms with Gasteiger partial charge in [-0.15, -0.1) is 0 Å². The monoisotopic (exact) mass is 468 g/mol. The summed E-state index contributed by atoms with van der Waals surface area (Å²) in [4.78, 5) is 26.6. The fourth-order valence-electron chi connectivity index (χ4n) is 4.36. The van der Waals surface area contributed by atoms with E-state index >= 15 is 0 Å². The van der Waals surface area contributed by atoms with Gasteiger partial charge in [-0.1, -0.05) is 61.4 Å². The third-order valence-electron chi connectivity index (χ3n) is 6.34. The van der Waals surface area contributed by atoms with Crippen LogP contribution in [0.2, 0.25) is 10.0 Å². The van der Waals surface area contributed by atoms with Crippen molar-refractivity contribution in [2.24, 2.45) is 5.92 Å². The molecule has 0 aromatic heterocycles. The highest BCUT2D eigenvalue weighted by Crippen LogP contribution is 2.21. The molecule has 0 unspecified atom stereocenters. The number of nitrogens with zero attached hydrogens (tertiary/aromatic N) is 1. The number of hydrogen-bond acceptors (Lipinski definition) is 2. The van der Waals surface area contributed by atoms with E-state index in [2.05, 4.69) is 16.0 Å². The molecule has 1 aromatic carbocycles. The van der Waals surface area contributed by atoms with Crippen LogP contribution in [-0.4, -0.2) is 42.6 Å². The van der Waals surface area contributed by atoms with Crippen molar-refractivity contribution in [2.45, 2.75) is 70.4 Å². The van der Waals surface area contributed by atoms with Crippen LogP contribution >= 0.6 is 23.2 Å². The molecule has 172 valence electrons. The van der Waals surface area contributed by atoms with E-state index in [1.165, 1.54) is 32.1 Å². The largest absolute Gasteiger partial charge is 0.338 e. The van der Waals surface area contributed by atoms with Crippen LogP contribution in [0, 0.1) is 5.92 Å². The number of urea groups is 2. The van der Waals surface area contributed by atoms with E-state index in [0.717, 1.165) is 31.2 Å². The fraction of sp³-hybridized carbons (Fsp3) is 0.652. The van der Waals surface area contributed by atoms with Gasteiger partial charge in [0, 0.05) is 42.3 Å². The first-order valence-electron chi connectivity index (χ1n) is 11.5. The second-order valence-electron chi connectivity index (χ2n) is 8.72. The Balaban J connectivity index is 1.32. The molecule has 1 aliphatic heterocycles. The van der Waals surface area contributed by atoms with E-state index in [0.29, 0.717) is 48.2 Å². The minimum atomic E-state index is -0.0838. The summed E-state index contributed by atoms with van der Waals surface area (Å²) in [5, 5.41) is 10.3. The Labute approximate surface area is 195 Å². The van der Waals surface area contributed by atoms with Crippen LogP contribution in [0.5, 0.6) is 0 Å². The Bertz CT molecular complexity index is 730. The van der Waals surface area contributed by atoms with Gasteiger partial charge in [-0.2, -0.15) is 0 Å². The van der Waals surface area contributed by atoms with Crippen LogP contribution < -0.4 is 16.0 Å². The molecule has 0 spiro atoms. The third kappa shape index (κ3) is 8.08. The third-order valence-corrected chi connectivity index (χ3v) is 6.93. The van der Waals surface area contributed by atoms with Crippen LogP contribution in [0.1, 0.15) is 63.4 Å². The van der Waals surface area contributed by atoms with Gasteiger partial charge >= 0.3 is 12.1 Å². The molecule has 3 rings (SSSR count). The number of amides is 4.